The molecule has 5 nitrogen and oxygen atoms in total. The number of nitro benzene ring substituents is 1. The molecule has 0 spiro atoms. The van der Waals surface area contributed by atoms with Crippen molar-refractivity contribution in [3.63, 3.8) is 0 Å². The fourth-order valence-corrected chi connectivity index (χ4v) is 1.29. The molecule has 0 aliphatic rings. The molecular weight excluding hydrogens is 222 g/mol. The second-order valence-corrected chi connectivity index (χ2v) is 3.20. The number of aryl methyl sites for hydroxylation is 1. The zero-order valence-corrected chi connectivity index (χ0v) is 9.52. The molecule has 1 aromatic rings. The SMILES string of the molecule is CCOC(=O)C#Cc1cccc(C)c1[N+](=O)[O-]. The van der Waals surface area contributed by atoms with Crippen LogP contribution in [0.1, 0.15) is 18.1 Å². The minimum Gasteiger partial charge on any atom is -0.456 e. The van der Waals surface area contributed by atoms with Gasteiger partial charge in [-0.25, -0.2) is 4.79 Å². The van der Waals surface area contributed by atoms with E-state index in [4.69, 9.17) is 0 Å². The number of ether oxygens (including phenoxy) is 1. The standard InChI is InChI=1S/C12H11NO4/c1-3-17-11(14)8-7-10-6-4-5-9(2)12(10)13(15)16/h4-6H,3H2,1-2H3. The van der Waals surface area contributed by atoms with Crippen LogP contribution in [0.15, 0.2) is 18.2 Å². The zero-order chi connectivity index (χ0) is 12.8. The molecule has 0 atom stereocenters. The summed E-state index contributed by atoms with van der Waals surface area (Å²) in [4.78, 5) is 21.3. The fourth-order valence-electron chi connectivity index (χ4n) is 1.29. The van der Waals surface area contributed by atoms with Crippen molar-refractivity contribution in [2.45, 2.75) is 13.8 Å². The van der Waals surface area contributed by atoms with Crippen LogP contribution in [0.2, 0.25) is 0 Å². The van der Waals surface area contributed by atoms with E-state index < -0.39 is 10.9 Å². The third-order valence-corrected chi connectivity index (χ3v) is 1.99. The molecule has 1 aromatic carbocycles. The summed E-state index contributed by atoms with van der Waals surface area (Å²) in [6, 6.07) is 4.77. The Morgan fingerprint density at radius 2 is 2.24 bits per heavy atom. The van der Waals surface area contributed by atoms with Crippen LogP contribution in [-0.2, 0) is 9.53 Å². The molecule has 0 aromatic heterocycles. The van der Waals surface area contributed by atoms with Gasteiger partial charge < -0.3 is 4.74 Å². The normalized spacial score (nSPS) is 9.06. The number of rotatable bonds is 2. The monoisotopic (exact) mass is 233 g/mol. The number of esters is 1. The van der Waals surface area contributed by atoms with E-state index in [0.717, 1.165) is 0 Å². The van der Waals surface area contributed by atoms with E-state index in [2.05, 4.69) is 16.6 Å². The maximum atomic E-state index is 11.0. The molecule has 0 radical (unpaired) electrons. The van der Waals surface area contributed by atoms with Crippen LogP contribution in [0.3, 0.4) is 0 Å². The molecule has 0 saturated heterocycles. The van der Waals surface area contributed by atoms with Gasteiger partial charge in [-0.3, -0.25) is 10.1 Å². The highest BCUT2D eigenvalue weighted by Crippen LogP contribution is 2.21. The van der Waals surface area contributed by atoms with E-state index in [0.29, 0.717) is 5.56 Å². The molecule has 0 heterocycles. The van der Waals surface area contributed by atoms with Gasteiger partial charge in [-0.05, 0) is 25.8 Å². The number of carbonyl (C=O) groups is 1. The van der Waals surface area contributed by atoms with E-state index in [1.165, 1.54) is 6.07 Å². The minimum absolute atomic E-state index is 0.0794. The van der Waals surface area contributed by atoms with E-state index in [1.54, 1.807) is 26.0 Å². The summed E-state index contributed by atoms with van der Waals surface area (Å²) in [5.41, 5.74) is 0.637. The van der Waals surface area contributed by atoms with Gasteiger partial charge in [0.25, 0.3) is 5.69 Å². The van der Waals surface area contributed by atoms with Gasteiger partial charge in [0.2, 0.25) is 0 Å². The highest BCUT2D eigenvalue weighted by molar-refractivity contribution is 5.89. The predicted octanol–water partition coefficient (Wildman–Crippen LogP) is 1.82. The van der Waals surface area contributed by atoms with E-state index in [9.17, 15) is 14.9 Å². The molecule has 0 fully saturated rings. The molecule has 0 saturated carbocycles. The quantitative estimate of drug-likeness (QED) is 0.338. The number of nitrogens with zero attached hydrogens (tertiary/aromatic N) is 1. The molecule has 0 aliphatic carbocycles. The van der Waals surface area contributed by atoms with Crippen molar-refractivity contribution in [1.29, 1.82) is 0 Å². The Hall–Kier alpha value is -2.35. The zero-order valence-electron chi connectivity index (χ0n) is 9.52. The smallest absolute Gasteiger partial charge is 0.384 e. The second kappa shape index (κ2) is 5.66. The summed E-state index contributed by atoms with van der Waals surface area (Å²) < 4.78 is 4.61. The van der Waals surface area contributed by atoms with Gasteiger partial charge in [0.05, 0.1) is 11.5 Å². The Morgan fingerprint density at radius 1 is 1.53 bits per heavy atom. The summed E-state index contributed by atoms with van der Waals surface area (Å²) in [5, 5.41) is 10.8. The van der Waals surface area contributed by atoms with Crippen molar-refractivity contribution in [2.24, 2.45) is 0 Å². The topological polar surface area (TPSA) is 69.4 Å². The third kappa shape index (κ3) is 3.31. The molecule has 17 heavy (non-hydrogen) atoms. The molecule has 88 valence electrons. The lowest BCUT2D eigenvalue weighted by Gasteiger charge is -1.98. The average molecular weight is 233 g/mol. The highest BCUT2D eigenvalue weighted by atomic mass is 16.6. The van der Waals surface area contributed by atoms with Crippen LogP contribution in [-0.4, -0.2) is 17.5 Å². The van der Waals surface area contributed by atoms with Crippen LogP contribution in [0, 0.1) is 28.9 Å². The minimum atomic E-state index is -0.691. The largest absolute Gasteiger partial charge is 0.456 e. The molecule has 0 amide bonds. The van der Waals surface area contributed by atoms with Gasteiger partial charge in [0.15, 0.2) is 0 Å². The first-order valence-corrected chi connectivity index (χ1v) is 4.99. The first kappa shape index (κ1) is 12.7. The number of nitro groups is 1. The Kier molecular flexibility index (Phi) is 4.23. The van der Waals surface area contributed by atoms with Gasteiger partial charge in [-0.1, -0.05) is 12.1 Å². The highest BCUT2D eigenvalue weighted by Gasteiger charge is 2.14. The Balaban J connectivity index is 3.11. The molecule has 0 bridgehead atoms. The van der Waals surface area contributed by atoms with E-state index in [-0.39, 0.29) is 17.9 Å². The first-order chi connectivity index (χ1) is 8.06. The maximum Gasteiger partial charge on any atom is 0.384 e. The molecule has 0 unspecified atom stereocenters. The lowest BCUT2D eigenvalue weighted by molar-refractivity contribution is -0.385. The van der Waals surface area contributed by atoms with Crippen molar-refractivity contribution in [3.05, 3.63) is 39.4 Å². The average Bonchev–Trinajstić information content (AvgIpc) is 2.26. The lowest BCUT2D eigenvalue weighted by atomic mass is 10.1. The van der Waals surface area contributed by atoms with Crippen molar-refractivity contribution >= 4 is 11.7 Å². The van der Waals surface area contributed by atoms with Crippen LogP contribution in [0.4, 0.5) is 5.69 Å². The van der Waals surface area contributed by atoms with Crippen LogP contribution < -0.4 is 0 Å². The lowest BCUT2D eigenvalue weighted by Crippen LogP contribution is -2.00. The van der Waals surface area contributed by atoms with E-state index >= 15 is 0 Å². The van der Waals surface area contributed by atoms with Crippen molar-refractivity contribution in [1.82, 2.24) is 0 Å². The summed E-state index contributed by atoms with van der Waals surface area (Å²) in [5.74, 6) is 3.97. The molecular formula is C12H11NO4. The van der Waals surface area contributed by atoms with Gasteiger partial charge >= 0.3 is 5.97 Å². The number of carbonyl (C=O) groups excluding carboxylic acids is 1. The maximum absolute atomic E-state index is 11.0. The summed E-state index contributed by atoms with van der Waals surface area (Å²) in [6.07, 6.45) is 0. The Bertz CT molecular complexity index is 511. The fraction of sp³-hybridized carbons (Fsp3) is 0.250. The van der Waals surface area contributed by atoms with Crippen molar-refractivity contribution in [2.75, 3.05) is 6.61 Å². The molecule has 0 aliphatic heterocycles. The molecule has 5 heteroatoms. The van der Waals surface area contributed by atoms with Gasteiger partial charge in [0, 0.05) is 11.5 Å². The number of para-hydroxylation sites is 1. The van der Waals surface area contributed by atoms with Gasteiger partial charge in [-0.2, -0.15) is 0 Å². The summed E-state index contributed by atoms with van der Waals surface area (Å²) in [6.45, 7) is 3.51. The predicted molar refractivity (Wildman–Crippen MR) is 61.3 cm³/mol. The van der Waals surface area contributed by atoms with Crippen LogP contribution >= 0.6 is 0 Å². The number of benzene rings is 1. The second-order valence-electron chi connectivity index (χ2n) is 3.20. The summed E-state index contributed by atoms with van der Waals surface area (Å²) in [7, 11) is 0. The van der Waals surface area contributed by atoms with Gasteiger partial charge in [-0.15, -0.1) is 0 Å². The first-order valence-electron chi connectivity index (χ1n) is 4.99. The third-order valence-electron chi connectivity index (χ3n) is 1.99. The Labute approximate surface area is 98.5 Å². The van der Waals surface area contributed by atoms with Crippen LogP contribution in [0.25, 0.3) is 0 Å². The van der Waals surface area contributed by atoms with Crippen molar-refractivity contribution in [3.8, 4) is 11.8 Å². The Morgan fingerprint density at radius 3 is 2.82 bits per heavy atom. The molecule has 1 rings (SSSR count). The number of hydrogen-bond donors (Lipinski definition) is 0. The molecule has 0 N–H and O–H groups in total. The van der Waals surface area contributed by atoms with Gasteiger partial charge in [0.1, 0.15) is 5.56 Å². The number of hydrogen-bond acceptors (Lipinski definition) is 4. The summed E-state index contributed by atoms with van der Waals surface area (Å²) >= 11 is 0. The van der Waals surface area contributed by atoms with Crippen molar-refractivity contribution < 1.29 is 14.5 Å². The van der Waals surface area contributed by atoms with E-state index in [1.807, 2.05) is 0 Å². The van der Waals surface area contributed by atoms with Crippen LogP contribution in [0.5, 0.6) is 0 Å².